The van der Waals surface area contributed by atoms with E-state index >= 15 is 0 Å². The molecule has 6 heteroatoms. The third kappa shape index (κ3) is 7.46. The van der Waals surface area contributed by atoms with Gasteiger partial charge in [0.05, 0.1) is 0 Å². The van der Waals surface area contributed by atoms with Crippen molar-refractivity contribution in [3.8, 4) is 0 Å². The third-order valence-electron chi connectivity index (χ3n) is 5.73. The average molecular weight is 578 g/mol. The first-order valence-electron chi connectivity index (χ1n) is 11.3. The minimum Gasteiger partial charge on any atom is -0.0843 e. The number of halogens is 4. The van der Waals surface area contributed by atoms with Crippen LogP contribution in [0.25, 0.3) is 0 Å². The van der Waals surface area contributed by atoms with Gasteiger partial charge in [0.2, 0.25) is 0 Å². The molecule has 0 N–H and O–H groups in total. The highest BCUT2D eigenvalue weighted by Gasteiger charge is 2.30. The predicted molar refractivity (Wildman–Crippen MR) is 162 cm³/mol. The van der Waals surface area contributed by atoms with Crippen LogP contribution in [0, 0.1) is 5.41 Å². The van der Waals surface area contributed by atoms with E-state index in [1.807, 2.05) is 48.5 Å². The molecule has 0 amide bonds. The molecule has 0 saturated carbocycles. The molecule has 0 heterocycles. The van der Waals surface area contributed by atoms with Gasteiger partial charge in [-0.3, -0.25) is 0 Å². The van der Waals surface area contributed by atoms with Crippen LogP contribution in [-0.2, 0) is 0 Å². The number of hydrogen-bond donors (Lipinski definition) is 0. The highest BCUT2D eigenvalue weighted by atomic mass is 35.5. The van der Waals surface area contributed by atoms with Crippen LogP contribution in [0.15, 0.2) is 97.1 Å². The van der Waals surface area contributed by atoms with Gasteiger partial charge in [0.1, 0.15) is 0 Å². The van der Waals surface area contributed by atoms with E-state index in [0.29, 0.717) is 0 Å². The van der Waals surface area contributed by atoms with Gasteiger partial charge in [0.25, 0.3) is 0 Å². The first-order valence-corrected chi connectivity index (χ1v) is 15.8. The maximum absolute atomic E-state index is 6.22. The smallest absolute Gasteiger partial charge is 0.0406 e. The largest absolute Gasteiger partial charge is 0.0843 e. The molecule has 0 bridgehead atoms. The second-order valence-corrected chi connectivity index (χ2v) is 15.4. The second-order valence-electron chi connectivity index (χ2n) is 9.24. The Bertz CT molecular complexity index is 1050. The summed E-state index contributed by atoms with van der Waals surface area (Å²) in [5.74, 6) is 0. The third-order valence-corrected chi connectivity index (χ3v) is 12.8. The Morgan fingerprint density at radius 3 is 0.829 bits per heavy atom. The van der Waals surface area contributed by atoms with Crippen LogP contribution in [0.5, 0.6) is 0 Å². The minimum absolute atomic E-state index is 0.0654. The summed E-state index contributed by atoms with van der Waals surface area (Å²) >= 11 is 24.9. The van der Waals surface area contributed by atoms with Gasteiger partial charge in [-0.1, -0.05) is 109 Å². The van der Waals surface area contributed by atoms with Crippen LogP contribution in [0.4, 0.5) is 0 Å². The van der Waals surface area contributed by atoms with Crippen molar-refractivity contribution in [2.75, 3.05) is 12.3 Å². The van der Waals surface area contributed by atoms with Crippen LogP contribution >= 0.6 is 62.2 Å². The molecule has 0 fully saturated rings. The topological polar surface area (TPSA) is 0 Å². The van der Waals surface area contributed by atoms with Crippen molar-refractivity contribution in [1.82, 2.24) is 0 Å². The van der Waals surface area contributed by atoms with Gasteiger partial charge in [-0.2, -0.15) is 0 Å². The van der Waals surface area contributed by atoms with Gasteiger partial charge in [-0.05, 0) is 103 Å². The van der Waals surface area contributed by atoms with Crippen molar-refractivity contribution in [3.05, 3.63) is 117 Å². The molecular formula is C29H26Cl4P2. The number of benzene rings is 4. The van der Waals surface area contributed by atoms with Crippen molar-refractivity contribution in [3.63, 3.8) is 0 Å². The monoisotopic (exact) mass is 576 g/mol. The Labute approximate surface area is 231 Å². The average Bonchev–Trinajstić information content (AvgIpc) is 2.84. The fourth-order valence-electron chi connectivity index (χ4n) is 4.05. The fraction of sp³-hybridized carbons (Fsp3) is 0.172. The molecule has 0 saturated heterocycles. The minimum atomic E-state index is -0.591. The first kappa shape index (κ1) is 26.9. The van der Waals surface area contributed by atoms with Crippen LogP contribution in [0.2, 0.25) is 20.1 Å². The molecule has 4 aromatic rings. The molecule has 0 atom stereocenters. The summed E-state index contributed by atoms with van der Waals surface area (Å²) in [7, 11) is -1.18. The Morgan fingerprint density at radius 1 is 0.429 bits per heavy atom. The molecule has 0 aliphatic carbocycles. The lowest BCUT2D eigenvalue weighted by atomic mass is 10.00. The standard InChI is InChI=1S/C29H26Cl4P2/c1-29(2,19-34(25-11-3-21(30)4-12-25)26-13-5-22(31)6-14-26)20-35(27-15-7-23(32)8-16-27)28-17-9-24(33)10-18-28/h3-18H,19-20H2,1-2H3. The summed E-state index contributed by atoms with van der Waals surface area (Å²) in [4.78, 5) is 0. The van der Waals surface area contributed by atoms with Crippen molar-refractivity contribution in [2.24, 2.45) is 5.41 Å². The summed E-state index contributed by atoms with van der Waals surface area (Å²) in [5.41, 5.74) is 0.0654. The maximum atomic E-state index is 6.22. The summed E-state index contributed by atoms with van der Waals surface area (Å²) in [6.45, 7) is 4.77. The van der Waals surface area contributed by atoms with Gasteiger partial charge in [0.15, 0.2) is 0 Å². The SMILES string of the molecule is CC(C)(CP(c1ccc(Cl)cc1)c1ccc(Cl)cc1)CP(c1ccc(Cl)cc1)c1ccc(Cl)cc1. The van der Waals surface area contributed by atoms with Crippen LogP contribution in [-0.4, -0.2) is 12.3 Å². The highest BCUT2D eigenvalue weighted by molar-refractivity contribution is 7.74. The predicted octanol–water partition coefficient (Wildman–Crippen LogP) is 8.89. The number of rotatable bonds is 8. The van der Waals surface area contributed by atoms with E-state index in [0.717, 1.165) is 32.4 Å². The molecule has 0 nitrogen and oxygen atoms in total. The van der Waals surface area contributed by atoms with E-state index in [1.165, 1.54) is 21.2 Å². The zero-order valence-electron chi connectivity index (χ0n) is 19.6. The second kappa shape index (κ2) is 12.0. The van der Waals surface area contributed by atoms with E-state index in [9.17, 15) is 0 Å². The normalized spacial score (nSPS) is 11.9. The summed E-state index contributed by atoms with van der Waals surface area (Å²) in [6, 6.07) is 33.2. The molecule has 0 radical (unpaired) electrons. The molecular weight excluding hydrogens is 552 g/mol. The summed E-state index contributed by atoms with van der Waals surface area (Å²) in [5, 5.41) is 8.32. The maximum Gasteiger partial charge on any atom is 0.0406 e. The van der Waals surface area contributed by atoms with Crippen molar-refractivity contribution in [2.45, 2.75) is 13.8 Å². The Balaban J connectivity index is 1.68. The van der Waals surface area contributed by atoms with E-state index in [2.05, 4.69) is 62.4 Å². The molecule has 180 valence electrons. The van der Waals surface area contributed by atoms with E-state index in [-0.39, 0.29) is 5.41 Å². The fourth-order valence-corrected chi connectivity index (χ4v) is 10.0. The van der Waals surface area contributed by atoms with E-state index in [1.54, 1.807) is 0 Å². The lowest BCUT2D eigenvalue weighted by molar-refractivity contribution is 0.488. The van der Waals surface area contributed by atoms with Crippen LogP contribution < -0.4 is 21.2 Å². The Kier molecular flexibility index (Phi) is 9.21. The molecule has 0 aliphatic rings. The van der Waals surface area contributed by atoms with Crippen LogP contribution in [0.3, 0.4) is 0 Å². The zero-order valence-corrected chi connectivity index (χ0v) is 24.4. The molecule has 0 unspecified atom stereocenters. The van der Waals surface area contributed by atoms with Crippen molar-refractivity contribution < 1.29 is 0 Å². The molecule has 4 rings (SSSR count). The van der Waals surface area contributed by atoms with Crippen molar-refractivity contribution >= 4 is 83.5 Å². The molecule has 4 aromatic carbocycles. The van der Waals surface area contributed by atoms with Gasteiger partial charge in [-0.25, -0.2) is 0 Å². The summed E-state index contributed by atoms with van der Waals surface area (Å²) in [6.07, 6.45) is 2.09. The van der Waals surface area contributed by atoms with Gasteiger partial charge in [-0.15, -0.1) is 0 Å². The Morgan fingerprint density at radius 2 is 0.629 bits per heavy atom. The molecule has 0 aromatic heterocycles. The Hall–Kier alpha value is -1.10. The number of hydrogen-bond acceptors (Lipinski definition) is 0. The van der Waals surface area contributed by atoms with Crippen molar-refractivity contribution in [1.29, 1.82) is 0 Å². The molecule has 0 spiro atoms. The van der Waals surface area contributed by atoms with Gasteiger partial charge in [0, 0.05) is 20.1 Å². The first-order chi connectivity index (χ1) is 16.7. The molecule has 35 heavy (non-hydrogen) atoms. The lowest BCUT2D eigenvalue weighted by Gasteiger charge is -2.34. The molecule has 0 aliphatic heterocycles. The quantitative estimate of drug-likeness (QED) is 0.183. The lowest BCUT2D eigenvalue weighted by Crippen LogP contribution is -2.29. The van der Waals surface area contributed by atoms with Gasteiger partial charge >= 0.3 is 0 Å². The van der Waals surface area contributed by atoms with E-state index < -0.39 is 15.8 Å². The summed E-state index contributed by atoms with van der Waals surface area (Å²) < 4.78 is 0. The highest BCUT2D eigenvalue weighted by Crippen LogP contribution is 2.47. The van der Waals surface area contributed by atoms with Gasteiger partial charge < -0.3 is 0 Å². The van der Waals surface area contributed by atoms with E-state index in [4.69, 9.17) is 46.4 Å². The zero-order chi connectivity index (χ0) is 25.0. The van der Waals surface area contributed by atoms with Crippen LogP contribution in [0.1, 0.15) is 13.8 Å².